The smallest absolute Gasteiger partial charge is 0.128 e. The third-order valence-electron chi connectivity index (χ3n) is 1.84. The lowest BCUT2D eigenvalue weighted by Crippen LogP contribution is -2.14. The quantitative estimate of drug-likeness (QED) is 0.396. The van der Waals surface area contributed by atoms with Gasteiger partial charge in [0.05, 0.1) is 0 Å². The van der Waals surface area contributed by atoms with Crippen LogP contribution in [0, 0.1) is 5.92 Å². The van der Waals surface area contributed by atoms with Crippen LogP contribution in [0.5, 0.6) is 0 Å². The van der Waals surface area contributed by atoms with Gasteiger partial charge in [0.2, 0.25) is 0 Å². The fourth-order valence-corrected chi connectivity index (χ4v) is 1.04. The summed E-state index contributed by atoms with van der Waals surface area (Å²) in [5.74, 6) is 1.04. The lowest BCUT2D eigenvalue weighted by molar-refractivity contribution is 0.784. The molecule has 0 rings (SSSR count). The molecule has 0 saturated heterocycles. The van der Waals surface area contributed by atoms with Gasteiger partial charge in [0, 0.05) is 19.5 Å². The molecule has 0 aromatic heterocycles. The average molecular weight is 198 g/mol. The van der Waals surface area contributed by atoms with E-state index < -0.39 is 0 Å². The van der Waals surface area contributed by atoms with E-state index in [0.717, 1.165) is 17.9 Å². The number of aliphatic imine (C=N–C) groups is 1. The summed E-state index contributed by atoms with van der Waals surface area (Å²) in [6, 6.07) is 0. The van der Waals surface area contributed by atoms with E-state index in [-0.39, 0.29) is 12.8 Å². The van der Waals surface area contributed by atoms with Crippen LogP contribution in [0.1, 0.15) is 15.3 Å². The van der Waals surface area contributed by atoms with E-state index in [2.05, 4.69) is 30.2 Å². The summed E-state index contributed by atoms with van der Waals surface area (Å²) < 4.78 is 0. The highest BCUT2D eigenvalue weighted by atomic mass is 16.0. The third kappa shape index (κ3) is 4.05. The molecule has 3 nitrogen and oxygen atoms in total. The van der Waals surface area contributed by atoms with Crippen LogP contribution in [0.25, 0.3) is 0 Å². The Hall–Kier alpha value is -1.35. The number of nitrogens with zero attached hydrogens (tertiary/aromatic N) is 1. The van der Waals surface area contributed by atoms with Crippen LogP contribution in [0.3, 0.4) is 0 Å². The lowest BCUT2D eigenvalue weighted by Gasteiger charge is -2.12. The summed E-state index contributed by atoms with van der Waals surface area (Å²) in [5.41, 5.74) is 1.03. The van der Waals surface area contributed by atoms with Crippen molar-refractivity contribution in [3.63, 3.8) is 0 Å². The molecule has 3 heteroatoms. The van der Waals surface area contributed by atoms with Gasteiger partial charge < -0.3 is 10.8 Å². The second-order valence-corrected chi connectivity index (χ2v) is 2.72. The number of allylic oxidation sites excluding steroid dienone is 3. The predicted molar refractivity (Wildman–Crippen MR) is 65.5 cm³/mol. The first-order valence-electron chi connectivity index (χ1n) is 4.41. The molecule has 0 aliphatic carbocycles. The minimum Gasteiger partial charge on any atom is -0.412 e. The highest BCUT2D eigenvalue weighted by Crippen LogP contribution is 2.16. The van der Waals surface area contributed by atoms with Crippen LogP contribution in [0.2, 0.25) is 0 Å². The summed E-state index contributed by atoms with van der Waals surface area (Å²) >= 11 is 0. The molecule has 1 atom stereocenters. The molecule has 0 heterocycles. The fraction of sp³-hybridized carbons (Fsp3) is 0.364. The average Bonchev–Trinajstić information content (AvgIpc) is 2.17. The molecule has 0 aromatic rings. The Labute approximate surface area is 87.7 Å². The SMILES string of the molecule is C=C/C(=C(\N=C)NCC)C(C)C=C.O.[HH]. The van der Waals surface area contributed by atoms with Gasteiger partial charge in [-0.05, 0) is 13.6 Å². The van der Waals surface area contributed by atoms with Crippen molar-refractivity contribution in [3.05, 3.63) is 36.7 Å². The highest BCUT2D eigenvalue weighted by Gasteiger charge is 2.06. The molecule has 14 heavy (non-hydrogen) atoms. The zero-order chi connectivity index (χ0) is 10.3. The maximum Gasteiger partial charge on any atom is 0.128 e. The van der Waals surface area contributed by atoms with Crippen molar-refractivity contribution in [1.29, 1.82) is 0 Å². The Bertz CT molecular complexity index is 237. The summed E-state index contributed by atoms with van der Waals surface area (Å²) in [6.45, 7) is 15.9. The number of hydrogen-bond acceptors (Lipinski definition) is 2. The molecule has 82 valence electrons. The van der Waals surface area contributed by atoms with E-state index in [1.54, 1.807) is 6.08 Å². The van der Waals surface area contributed by atoms with Gasteiger partial charge in [0.25, 0.3) is 0 Å². The molecule has 0 radical (unpaired) electrons. The van der Waals surface area contributed by atoms with E-state index in [9.17, 15) is 0 Å². The van der Waals surface area contributed by atoms with Crippen LogP contribution < -0.4 is 5.32 Å². The van der Waals surface area contributed by atoms with Crippen molar-refractivity contribution in [2.24, 2.45) is 10.9 Å². The topological polar surface area (TPSA) is 55.9 Å². The summed E-state index contributed by atoms with van der Waals surface area (Å²) in [4.78, 5) is 3.92. The Morgan fingerprint density at radius 1 is 1.57 bits per heavy atom. The minimum atomic E-state index is 0. The van der Waals surface area contributed by atoms with Crippen molar-refractivity contribution in [2.45, 2.75) is 13.8 Å². The van der Waals surface area contributed by atoms with Gasteiger partial charge in [0.15, 0.2) is 0 Å². The van der Waals surface area contributed by atoms with E-state index in [1.165, 1.54) is 0 Å². The molecular weight excluding hydrogens is 176 g/mol. The van der Waals surface area contributed by atoms with Crippen molar-refractivity contribution in [3.8, 4) is 0 Å². The van der Waals surface area contributed by atoms with Crippen LogP contribution in [0.15, 0.2) is 41.7 Å². The molecule has 0 aromatic carbocycles. The van der Waals surface area contributed by atoms with Crippen molar-refractivity contribution in [2.75, 3.05) is 6.54 Å². The standard InChI is InChI=1S/C11H18N2.H2O.H2/c1-6-9(4)10(7-2)11(12-5)13-8-3;;/h6-7,9,13H,1-2,5,8H2,3-4H3;1H2;1H/b11-10-;;. The van der Waals surface area contributed by atoms with Crippen LogP contribution in [0.4, 0.5) is 0 Å². The fourth-order valence-electron chi connectivity index (χ4n) is 1.04. The zero-order valence-electron chi connectivity index (χ0n) is 9.01. The maximum atomic E-state index is 3.92. The Morgan fingerprint density at radius 3 is 2.43 bits per heavy atom. The summed E-state index contributed by atoms with van der Waals surface area (Å²) in [6.07, 6.45) is 3.65. The van der Waals surface area contributed by atoms with Gasteiger partial charge in [-0.15, -0.1) is 6.58 Å². The molecule has 3 N–H and O–H groups in total. The number of hydrogen-bond donors (Lipinski definition) is 1. The second kappa shape index (κ2) is 8.26. The Balaban J connectivity index is -0.000000720. The molecule has 0 fully saturated rings. The van der Waals surface area contributed by atoms with Gasteiger partial charge in [-0.25, -0.2) is 4.99 Å². The van der Waals surface area contributed by atoms with Crippen molar-refractivity contribution in [1.82, 2.24) is 5.32 Å². The molecule has 0 aliphatic heterocycles. The minimum absolute atomic E-state index is 0. The normalized spacial score (nSPS) is 13.0. The Morgan fingerprint density at radius 2 is 2.14 bits per heavy atom. The van der Waals surface area contributed by atoms with Gasteiger partial charge in [-0.1, -0.05) is 25.7 Å². The first-order chi connectivity index (χ1) is 6.21. The largest absolute Gasteiger partial charge is 0.412 e. The van der Waals surface area contributed by atoms with E-state index >= 15 is 0 Å². The molecular formula is C11H22N2O. The van der Waals surface area contributed by atoms with Gasteiger partial charge in [0.1, 0.15) is 5.82 Å². The summed E-state index contributed by atoms with van der Waals surface area (Å²) in [7, 11) is 0. The number of rotatable bonds is 6. The second-order valence-electron chi connectivity index (χ2n) is 2.72. The molecule has 1 unspecified atom stereocenters. The van der Waals surface area contributed by atoms with Crippen LogP contribution in [-0.4, -0.2) is 18.7 Å². The van der Waals surface area contributed by atoms with Gasteiger partial charge >= 0.3 is 0 Å². The van der Waals surface area contributed by atoms with Crippen molar-refractivity contribution < 1.29 is 6.90 Å². The maximum absolute atomic E-state index is 3.92. The highest BCUT2D eigenvalue weighted by molar-refractivity contribution is 5.35. The van der Waals surface area contributed by atoms with E-state index in [4.69, 9.17) is 0 Å². The van der Waals surface area contributed by atoms with Gasteiger partial charge in [-0.2, -0.15) is 0 Å². The van der Waals surface area contributed by atoms with E-state index in [1.807, 2.05) is 19.9 Å². The third-order valence-corrected chi connectivity index (χ3v) is 1.84. The van der Waals surface area contributed by atoms with Gasteiger partial charge in [-0.3, -0.25) is 0 Å². The number of nitrogens with one attached hydrogen (secondary N) is 1. The van der Waals surface area contributed by atoms with E-state index in [0.29, 0.717) is 0 Å². The molecule has 0 amide bonds. The van der Waals surface area contributed by atoms with Crippen LogP contribution in [-0.2, 0) is 0 Å². The molecule has 0 spiro atoms. The lowest BCUT2D eigenvalue weighted by atomic mass is 10.0. The summed E-state index contributed by atoms with van der Waals surface area (Å²) in [5, 5.41) is 3.13. The molecule has 0 bridgehead atoms. The monoisotopic (exact) mass is 198 g/mol. The molecule has 0 saturated carbocycles. The first kappa shape index (κ1) is 15.1. The zero-order valence-corrected chi connectivity index (χ0v) is 9.01. The van der Waals surface area contributed by atoms with Crippen LogP contribution >= 0.6 is 0 Å². The first-order valence-corrected chi connectivity index (χ1v) is 4.41. The van der Waals surface area contributed by atoms with Crippen molar-refractivity contribution >= 4 is 6.72 Å². The predicted octanol–water partition coefficient (Wildman–Crippen LogP) is 1.94. The Kier molecular flexibility index (Phi) is 8.93. The molecule has 0 aliphatic rings.